The van der Waals surface area contributed by atoms with Crippen LogP contribution < -0.4 is 0 Å². The van der Waals surface area contributed by atoms with Crippen molar-refractivity contribution >= 4 is 23.1 Å². The van der Waals surface area contributed by atoms with Gasteiger partial charge in [-0.05, 0) is 42.9 Å². The predicted molar refractivity (Wildman–Crippen MR) is 126 cm³/mol. The van der Waals surface area contributed by atoms with E-state index in [1.54, 1.807) is 0 Å². The lowest BCUT2D eigenvalue weighted by molar-refractivity contribution is -0.938. The number of carbonyl (C=O) groups is 2. The van der Waals surface area contributed by atoms with Crippen molar-refractivity contribution in [2.45, 2.75) is 44.2 Å². The fourth-order valence-corrected chi connectivity index (χ4v) is 6.57. The molecule has 2 atom stereocenters. The molecule has 0 amide bonds. The quantitative estimate of drug-likeness (QED) is 0.356. The van der Waals surface area contributed by atoms with Crippen molar-refractivity contribution in [3.05, 3.63) is 58.3 Å². The Labute approximate surface area is 194 Å². The summed E-state index contributed by atoms with van der Waals surface area (Å²) in [6.45, 7) is 5.22. The van der Waals surface area contributed by atoms with Crippen LogP contribution >= 0.6 is 11.3 Å². The maximum absolute atomic E-state index is 13.6. The molecular weight excluding hydrogens is 420 g/mol. The minimum Gasteiger partial charge on any atom is -0.455 e. The molecule has 5 nitrogen and oxygen atoms in total. The molecule has 1 unspecified atom stereocenters. The maximum atomic E-state index is 13.6. The predicted octanol–water partition coefficient (Wildman–Crippen LogP) is 4.31. The Morgan fingerprint density at radius 3 is 2.47 bits per heavy atom. The minimum atomic E-state index is -0.326. The van der Waals surface area contributed by atoms with Crippen molar-refractivity contribution < 1.29 is 18.8 Å². The summed E-state index contributed by atoms with van der Waals surface area (Å²) in [6.07, 6.45) is 5.49. The standard InChI is InChI=1S/C26H33N2O3S/c29-22(24-10-7-17-32-24)18-28-15-11-20(12-16-28)23(19-28)31-26(30)25(21-8-3-1-4-9-21)27-13-5-2-6-14-27/h1,3-4,7-10,17,20,23,25H,2,5-6,11-16,18-19H2/q+1/t20?,23-,25?,28?/m0/s1. The Hall–Kier alpha value is -2.02. The number of hydrogen-bond donors (Lipinski definition) is 0. The van der Waals surface area contributed by atoms with Gasteiger partial charge in [-0.25, -0.2) is 4.79 Å². The molecule has 4 aliphatic heterocycles. The first-order chi connectivity index (χ1) is 15.6. The Bertz CT molecular complexity index is 916. The van der Waals surface area contributed by atoms with E-state index in [-0.39, 0.29) is 23.9 Å². The average molecular weight is 454 g/mol. The SMILES string of the molecule is O=C(C[N+]12CCC(CC1)[C@@H](OC(=O)C(c1ccccc1)N1CCCCC1)C2)c1cccs1. The van der Waals surface area contributed by atoms with E-state index in [2.05, 4.69) is 4.90 Å². The van der Waals surface area contributed by atoms with Gasteiger partial charge in [-0.1, -0.05) is 42.8 Å². The summed E-state index contributed by atoms with van der Waals surface area (Å²) in [7, 11) is 0. The molecule has 0 aliphatic carbocycles. The van der Waals surface area contributed by atoms with Gasteiger partial charge in [-0.3, -0.25) is 9.69 Å². The van der Waals surface area contributed by atoms with Gasteiger partial charge in [0, 0.05) is 18.8 Å². The van der Waals surface area contributed by atoms with E-state index in [0.717, 1.165) is 73.3 Å². The van der Waals surface area contributed by atoms with Crippen LogP contribution in [0, 0.1) is 5.92 Å². The largest absolute Gasteiger partial charge is 0.455 e. The van der Waals surface area contributed by atoms with Crippen LogP contribution in [-0.4, -0.2) is 66.5 Å². The van der Waals surface area contributed by atoms with Crippen LogP contribution in [0.25, 0.3) is 0 Å². The zero-order chi connectivity index (χ0) is 22.0. The number of nitrogens with zero attached hydrogens (tertiary/aromatic N) is 2. The number of quaternary nitrogens is 1. The van der Waals surface area contributed by atoms with Crippen molar-refractivity contribution in [1.82, 2.24) is 4.90 Å². The fraction of sp³-hybridized carbons (Fsp3) is 0.538. The lowest BCUT2D eigenvalue weighted by atomic mass is 9.83. The van der Waals surface area contributed by atoms with Crippen LogP contribution in [0.1, 0.15) is 53.4 Å². The second kappa shape index (κ2) is 9.46. The fourth-order valence-electron chi connectivity index (χ4n) is 5.92. The Balaban J connectivity index is 1.31. The van der Waals surface area contributed by atoms with E-state index in [1.165, 1.54) is 17.8 Å². The van der Waals surface area contributed by atoms with Crippen LogP contribution in [0.5, 0.6) is 0 Å². The molecule has 4 saturated heterocycles. The molecule has 0 radical (unpaired) electrons. The number of piperidine rings is 4. The second-order valence-electron chi connectivity index (χ2n) is 9.75. The van der Waals surface area contributed by atoms with E-state index in [0.29, 0.717) is 12.5 Å². The zero-order valence-corrected chi connectivity index (χ0v) is 19.5. The normalized spacial score (nSPS) is 28.9. The number of carbonyl (C=O) groups excluding carboxylic acids is 2. The molecule has 6 rings (SSSR count). The van der Waals surface area contributed by atoms with Crippen molar-refractivity contribution in [2.75, 3.05) is 39.3 Å². The number of thiophene rings is 1. The van der Waals surface area contributed by atoms with Gasteiger partial charge in [0.05, 0.1) is 18.0 Å². The summed E-state index contributed by atoms with van der Waals surface area (Å²) in [5.41, 5.74) is 1.03. The van der Waals surface area contributed by atoms with Gasteiger partial charge in [0.15, 0.2) is 6.10 Å². The molecule has 2 aromatic rings. The number of rotatable bonds is 7. The third kappa shape index (κ3) is 4.54. The highest BCUT2D eigenvalue weighted by atomic mass is 32.1. The molecule has 1 aromatic carbocycles. The maximum Gasteiger partial charge on any atom is 0.328 e. The van der Waals surface area contributed by atoms with E-state index < -0.39 is 0 Å². The molecule has 0 N–H and O–H groups in total. The average Bonchev–Trinajstić information content (AvgIpc) is 3.37. The highest BCUT2D eigenvalue weighted by molar-refractivity contribution is 7.12. The Kier molecular flexibility index (Phi) is 6.44. The number of hydrogen-bond acceptors (Lipinski definition) is 5. The Morgan fingerprint density at radius 1 is 1.03 bits per heavy atom. The Morgan fingerprint density at radius 2 is 1.78 bits per heavy atom. The summed E-state index contributed by atoms with van der Waals surface area (Å²) in [4.78, 5) is 29.6. The molecule has 32 heavy (non-hydrogen) atoms. The summed E-state index contributed by atoms with van der Waals surface area (Å²) >= 11 is 1.52. The van der Waals surface area contributed by atoms with E-state index in [9.17, 15) is 9.59 Å². The molecule has 0 spiro atoms. The van der Waals surface area contributed by atoms with E-state index in [4.69, 9.17) is 4.74 Å². The van der Waals surface area contributed by atoms with Crippen LogP contribution in [0.2, 0.25) is 0 Å². The smallest absolute Gasteiger partial charge is 0.328 e. The number of esters is 1. The number of fused-ring (bicyclic) bond motifs is 3. The van der Waals surface area contributed by atoms with Crippen molar-refractivity contribution in [2.24, 2.45) is 5.92 Å². The van der Waals surface area contributed by atoms with Crippen molar-refractivity contribution in [3.8, 4) is 0 Å². The number of likely N-dealkylation sites (tertiary alicyclic amines) is 1. The molecule has 170 valence electrons. The van der Waals surface area contributed by atoms with Gasteiger partial charge in [-0.2, -0.15) is 0 Å². The molecule has 4 fully saturated rings. The van der Waals surface area contributed by atoms with Crippen LogP contribution in [0.15, 0.2) is 47.8 Å². The van der Waals surface area contributed by atoms with Crippen LogP contribution in [0.4, 0.5) is 0 Å². The molecule has 1 aromatic heterocycles. The lowest BCUT2D eigenvalue weighted by Crippen LogP contribution is -2.65. The number of Topliss-reactive ketones (excluding diaryl/α,β-unsaturated/α-hetero) is 1. The molecular formula is C26H33N2O3S+. The zero-order valence-electron chi connectivity index (χ0n) is 18.7. The number of ketones is 1. The summed E-state index contributed by atoms with van der Waals surface area (Å²) in [5, 5.41) is 1.96. The van der Waals surface area contributed by atoms with Gasteiger partial charge >= 0.3 is 5.97 Å². The van der Waals surface area contributed by atoms with Gasteiger partial charge < -0.3 is 9.22 Å². The molecule has 6 heteroatoms. The summed E-state index contributed by atoms with van der Waals surface area (Å²) < 4.78 is 7.06. The number of benzene rings is 1. The summed E-state index contributed by atoms with van der Waals surface area (Å²) in [6, 6.07) is 13.6. The van der Waals surface area contributed by atoms with Gasteiger partial charge in [0.1, 0.15) is 19.1 Å². The summed E-state index contributed by atoms with van der Waals surface area (Å²) in [5.74, 6) is 0.536. The van der Waals surface area contributed by atoms with Crippen LogP contribution in [0.3, 0.4) is 0 Å². The van der Waals surface area contributed by atoms with Gasteiger partial charge in [0.25, 0.3) is 0 Å². The first kappa shape index (κ1) is 21.8. The first-order valence-electron chi connectivity index (χ1n) is 12.0. The van der Waals surface area contributed by atoms with E-state index >= 15 is 0 Å². The molecule has 5 heterocycles. The third-order valence-electron chi connectivity index (χ3n) is 7.68. The lowest BCUT2D eigenvalue weighted by Gasteiger charge is -2.51. The molecule has 2 bridgehead atoms. The van der Waals surface area contributed by atoms with Crippen molar-refractivity contribution in [3.63, 3.8) is 0 Å². The second-order valence-corrected chi connectivity index (χ2v) is 10.7. The van der Waals surface area contributed by atoms with Crippen molar-refractivity contribution in [1.29, 1.82) is 0 Å². The van der Waals surface area contributed by atoms with Gasteiger partial charge in [-0.15, -0.1) is 11.3 Å². The van der Waals surface area contributed by atoms with Crippen LogP contribution in [-0.2, 0) is 9.53 Å². The molecule has 4 aliphatic rings. The monoisotopic (exact) mass is 453 g/mol. The topological polar surface area (TPSA) is 46.6 Å². The van der Waals surface area contributed by atoms with E-state index in [1.807, 2.05) is 47.8 Å². The minimum absolute atomic E-state index is 0.0860. The molecule has 0 saturated carbocycles. The third-order valence-corrected chi connectivity index (χ3v) is 8.59. The highest BCUT2D eigenvalue weighted by Gasteiger charge is 2.49. The first-order valence-corrected chi connectivity index (χ1v) is 12.9. The highest BCUT2D eigenvalue weighted by Crippen LogP contribution is 2.37. The van der Waals surface area contributed by atoms with Gasteiger partial charge in [0.2, 0.25) is 5.78 Å². The number of ether oxygens (including phenoxy) is 1.